The summed E-state index contributed by atoms with van der Waals surface area (Å²) in [7, 11) is 3.20. The highest BCUT2D eigenvalue weighted by Gasteiger charge is 2.43. The normalized spacial score (nSPS) is 19.3. The van der Waals surface area contributed by atoms with Crippen LogP contribution in [0.15, 0.2) is 42.5 Å². The monoisotopic (exact) mass is 466 g/mol. The second-order valence-corrected chi connectivity index (χ2v) is 8.88. The van der Waals surface area contributed by atoms with E-state index in [-0.39, 0.29) is 24.4 Å². The summed E-state index contributed by atoms with van der Waals surface area (Å²) < 4.78 is 16.6. The molecule has 34 heavy (non-hydrogen) atoms. The minimum absolute atomic E-state index is 0.0272. The third-order valence-corrected chi connectivity index (χ3v) is 6.76. The van der Waals surface area contributed by atoms with Gasteiger partial charge in [-0.15, -0.1) is 0 Å². The van der Waals surface area contributed by atoms with Crippen LogP contribution in [-0.2, 0) is 16.1 Å². The summed E-state index contributed by atoms with van der Waals surface area (Å²) in [6.07, 6.45) is 5.28. The third kappa shape index (κ3) is 4.98. The van der Waals surface area contributed by atoms with Crippen molar-refractivity contribution >= 4 is 11.8 Å². The van der Waals surface area contributed by atoms with E-state index in [1.54, 1.807) is 19.1 Å². The van der Waals surface area contributed by atoms with Crippen molar-refractivity contribution in [1.29, 1.82) is 0 Å². The van der Waals surface area contributed by atoms with E-state index >= 15 is 0 Å². The van der Waals surface area contributed by atoms with Gasteiger partial charge in [0.15, 0.2) is 11.5 Å². The Bertz CT molecular complexity index is 1020. The van der Waals surface area contributed by atoms with E-state index in [1.165, 1.54) is 6.42 Å². The fourth-order valence-electron chi connectivity index (χ4n) is 5.05. The molecule has 0 spiro atoms. The first-order valence-corrected chi connectivity index (χ1v) is 12.1. The molecule has 7 heteroatoms. The second-order valence-electron chi connectivity index (χ2n) is 8.88. The molecule has 0 aromatic heterocycles. The number of hydrogen-bond donors (Lipinski definition) is 0. The molecule has 2 aromatic carbocycles. The van der Waals surface area contributed by atoms with Crippen molar-refractivity contribution < 1.29 is 23.8 Å². The van der Waals surface area contributed by atoms with E-state index in [1.807, 2.05) is 54.3 Å². The van der Waals surface area contributed by atoms with Crippen molar-refractivity contribution in [2.45, 2.75) is 57.7 Å². The quantitative estimate of drug-likeness (QED) is 0.579. The van der Waals surface area contributed by atoms with Crippen LogP contribution in [-0.4, -0.2) is 55.0 Å². The Morgan fingerprint density at radius 2 is 1.74 bits per heavy atom. The number of methoxy groups -OCH3 is 2. The van der Waals surface area contributed by atoms with E-state index in [0.29, 0.717) is 24.7 Å². The summed E-state index contributed by atoms with van der Waals surface area (Å²) in [6, 6.07) is 12.5. The van der Waals surface area contributed by atoms with Gasteiger partial charge in [0.2, 0.25) is 5.91 Å². The molecule has 2 amide bonds. The summed E-state index contributed by atoms with van der Waals surface area (Å²) in [4.78, 5) is 30.9. The maximum atomic E-state index is 13.9. The highest BCUT2D eigenvalue weighted by Crippen LogP contribution is 2.37. The average molecular weight is 467 g/mol. The van der Waals surface area contributed by atoms with Gasteiger partial charge in [0.25, 0.3) is 5.91 Å². The summed E-state index contributed by atoms with van der Waals surface area (Å²) in [5, 5.41) is 0. The molecule has 1 unspecified atom stereocenters. The van der Waals surface area contributed by atoms with E-state index in [4.69, 9.17) is 14.2 Å². The molecular weight excluding hydrogens is 432 g/mol. The minimum atomic E-state index is -0.723. The topological polar surface area (TPSA) is 68.3 Å². The van der Waals surface area contributed by atoms with Crippen molar-refractivity contribution in [3.8, 4) is 17.2 Å². The van der Waals surface area contributed by atoms with Gasteiger partial charge in [-0.1, -0.05) is 37.5 Å². The fraction of sp³-hybridized carbons (Fsp3) is 0.481. The Morgan fingerprint density at radius 1 is 0.941 bits per heavy atom. The summed E-state index contributed by atoms with van der Waals surface area (Å²) >= 11 is 0. The molecule has 1 aliphatic heterocycles. The van der Waals surface area contributed by atoms with Gasteiger partial charge in [-0.3, -0.25) is 9.59 Å². The number of rotatable bonds is 8. The van der Waals surface area contributed by atoms with Gasteiger partial charge in [0.05, 0.1) is 20.8 Å². The molecule has 182 valence electrons. The first-order chi connectivity index (χ1) is 16.5. The summed E-state index contributed by atoms with van der Waals surface area (Å²) in [5.41, 5.74) is 1.64. The molecule has 2 aliphatic rings. The summed E-state index contributed by atoms with van der Waals surface area (Å²) in [5.74, 6) is 1.81. The number of hydrogen-bond acceptors (Lipinski definition) is 5. The number of benzene rings is 2. The Morgan fingerprint density at radius 3 is 2.44 bits per heavy atom. The van der Waals surface area contributed by atoms with E-state index < -0.39 is 6.04 Å². The molecule has 0 bridgehead atoms. The highest BCUT2D eigenvalue weighted by atomic mass is 16.5. The summed E-state index contributed by atoms with van der Waals surface area (Å²) in [6.45, 7) is 2.86. The fourth-order valence-corrected chi connectivity index (χ4v) is 5.05. The number of piperazine rings is 1. The molecule has 1 saturated heterocycles. The molecule has 0 radical (unpaired) electrons. The lowest BCUT2D eigenvalue weighted by Gasteiger charge is -2.44. The van der Waals surface area contributed by atoms with Crippen molar-refractivity contribution in [1.82, 2.24) is 9.80 Å². The third-order valence-electron chi connectivity index (χ3n) is 6.76. The molecule has 2 aromatic rings. The van der Waals surface area contributed by atoms with Crippen LogP contribution < -0.4 is 14.2 Å². The number of carbonyl (C=O) groups excluding carboxylic acids is 2. The van der Waals surface area contributed by atoms with Crippen molar-refractivity contribution in [3.05, 3.63) is 53.6 Å². The molecule has 7 nitrogen and oxygen atoms in total. The van der Waals surface area contributed by atoms with Crippen molar-refractivity contribution in [2.75, 3.05) is 27.4 Å². The number of carbonyl (C=O) groups is 2. The average Bonchev–Trinajstić information content (AvgIpc) is 2.87. The smallest absolute Gasteiger partial charge is 0.250 e. The molecule has 1 atom stereocenters. The molecule has 4 rings (SSSR count). The first kappa shape index (κ1) is 23.9. The van der Waals surface area contributed by atoms with E-state index in [0.717, 1.165) is 42.6 Å². The molecule has 1 heterocycles. The van der Waals surface area contributed by atoms with Gasteiger partial charge in [0, 0.05) is 12.6 Å². The minimum Gasteiger partial charge on any atom is -0.497 e. The Labute approximate surface area is 201 Å². The van der Waals surface area contributed by atoms with Crippen LogP contribution in [0.4, 0.5) is 0 Å². The number of amides is 2. The van der Waals surface area contributed by atoms with Crippen LogP contribution in [0.5, 0.6) is 17.2 Å². The standard InChI is InChI=1S/C27H34N2O5/c1-4-34-23-14-13-20(16-24(23)33-3)26-27(31)28(21-10-6-5-7-11-21)18-25(30)29(26)17-19-9-8-12-22(15-19)32-2/h8-9,12-16,21,26H,4-7,10-11,17-18H2,1-3H3. The zero-order chi connectivity index (χ0) is 24.1. The van der Waals surface area contributed by atoms with Gasteiger partial charge < -0.3 is 24.0 Å². The number of nitrogens with zero attached hydrogens (tertiary/aromatic N) is 2. The SMILES string of the molecule is CCOc1ccc(C2C(=O)N(C3CCCCC3)CC(=O)N2Cc2cccc(OC)c2)cc1OC. The maximum absolute atomic E-state index is 13.9. The van der Waals surface area contributed by atoms with Crippen molar-refractivity contribution in [2.24, 2.45) is 0 Å². The van der Waals surface area contributed by atoms with Crippen LogP contribution in [0.25, 0.3) is 0 Å². The van der Waals surface area contributed by atoms with Crippen LogP contribution in [0.3, 0.4) is 0 Å². The molecule has 2 fully saturated rings. The largest absolute Gasteiger partial charge is 0.497 e. The number of ether oxygens (including phenoxy) is 3. The Balaban J connectivity index is 1.71. The molecule has 0 N–H and O–H groups in total. The molecule has 1 saturated carbocycles. The van der Waals surface area contributed by atoms with Crippen LogP contribution in [0.1, 0.15) is 56.2 Å². The van der Waals surface area contributed by atoms with E-state index in [2.05, 4.69) is 0 Å². The Hall–Kier alpha value is -3.22. The highest BCUT2D eigenvalue weighted by molar-refractivity contribution is 5.96. The van der Waals surface area contributed by atoms with Gasteiger partial charge in [-0.25, -0.2) is 0 Å². The van der Waals surface area contributed by atoms with Gasteiger partial charge in [0.1, 0.15) is 18.3 Å². The van der Waals surface area contributed by atoms with Gasteiger partial charge >= 0.3 is 0 Å². The lowest BCUT2D eigenvalue weighted by atomic mass is 9.91. The van der Waals surface area contributed by atoms with E-state index in [9.17, 15) is 9.59 Å². The van der Waals surface area contributed by atoms with Crippen LogP contribution in [0.2, 0.25) is 0 Å². The van der Waals surface area contributed by atoms with Crippen LogP contribution in [0, 0.1) is 0 Å². The second kappa shape index (κ2) is 10.8. The lowest BCUT2D eigenvalue weighted by Crippen LogP contribution is -2.58. The Kier molecular flexibility index (Phi) is 7.60. The van der Waals surface area contributed by atoms with Crippen molar-refractivity contribution in [3.63, 3.8) is 0 Å². The molecule has 1 aliphatic carbocycles. The first-order valence-electron chi connectivity index (χ1n) is 12.1. The predicted octanol–water partition coefficient (Wildman–Crippen LogP) is 4.35. The van der Waals surface area contributed by atoms with Gasteiger partial charge in [-0.05, 0) is 55.2 Å². The molecular formula is C27H34N2O5. The van der Waals surface area contributed by atoms with Gasteiger partial charge in [-0.2, -0.15) is 0 Å². The zero-order valence-electron chi connectivity index (χ0n) is 20.3. The van der Waals surface area contributed by atoms with Crippen LogP contribution >= 0.6 is 0 Å². The maximum Gasteiger partial charge on any atom is 0.250 e. The lowest BCUT2D eigenvalue weighted by molar-refractivity contribution is -0.160. The zero-order valence-corrected chi connectivity index (χ0v) is 20.3. The predicted molar refractivity (Wildman–Crippen MR) is 129 cm³/mol.